The Morgan fingerprint density at radius 3 is 0.513 bits per heavy atom. The zero-order valence-electron chi connectivity index (χ0n) is 38.7. The van der Waals surface area contributed by atoms with Crippen LogP contribution in [0.4, 0.5) is 52.7 Å². The molecule has 0 saturated carbocycles. The Hall–Kier alpha value is -2.96. The molecule has 78 heavy (non-hydrogen) atoms. The fourth-order valence-corrected chi connectivity index (χ4v) is 32.3. The molecular weight excluding hydrogens is 1610 g/mol. The monoisotopic (exact) mass is 1640 g/mol. The molecule has 10 aliphatic heterocycles. The predicted molar refractivity (Wildman–Crippen MR) is 293 cm³/mol. The van der Waals surface area contributed by atoms with Crippen molar-refractivity contribution in [2.75, 3.05) is 0 Å². The Balaban J connectivity index is 1.28. The predicted octanol–water partition coefficient (Wildman–Crippen LogP) is 13.7. The normalized spacial score (nSPS) is 17.0. The molecule has 10 heterocycles. The molecule has 10 aliphatic rings. The van der Waals surface area contributed by atoms with Gasteiger partial charge in [-0.05, 0) is 0 Å². The number of rotatable bonds is 8. The van der Waals surface area contributed by atoms with E-state index in [1.807, 2.05) is 0 Å². The number of alkyl halides is 12. The van der Waals surface area contributed by atoms with Gasteiger partial charge in [-0.15, -0.1) is 0 Å². The van der Waals surface area contributed by atoms with Crippen molar-refractivity contribution < 1.29 is 96.4 Å². The number of halogens is 16. The van der Waals surface area contributed by atoms with Gasteiger partial charge < -0.3 is 0 Å². The second-order valence-corrected chi connectivity index (χ2v) is 41.9. The Kier molecular flexibility index (Phi) is 19.7. The van der Waals surface area contributed by atoms with Gasteiger partial charge in [0.1, 0.15) is 0 Å². The van der Waals surface area contributed by atoms with Crippen molar-refractivity contribution in [3.63, 3.8) is 0 Å². The third kappa shape index (κ3) is 15.4. The molecule has 0 spiro atoms. The molecule has 0 atom stereocenters. The summed E-state index contributed by atoms with van der Waals surface area (Å²) in [4.78, 5) is 0. The quantitative estimate of drug-likeness (QED) is 0.0803. The van der Waals surface area contributed by atoms with Gasteiger partial charge >= 0.3 is 475 Å². The molecule has 0 fully saturated rings. The third-order valence-corrected chi connectivity index (χ3v) is 38.7. The zero-order chi connectivity index (χ0) is 57.3. The molecule has 12 nitrogen and oxygen atoms in total. The molecule has 0 saturated heterocycles. The summed E-state index contributed by atoms with van der Waals surface area (Å²) in [5, 5.41) is 0. The van der Waals surface area contributed by atoms with Gasteiger partial charge in [0.15, 0.2) is 0 Å². The molecule has 6 aromatic rings. The Labute approximate surface area is 469 Å². The third-order valence-electron chi connectivity index (χ3n) is 10.4. The molecule has 0 radical (unpaired) electrons. The molecule has 12 bridgehead atoms. The van der Waals surface area contributed by atoms with E-state index in [1.165, 1.54) is 97.1 Å². The summed E-state index contributed by atoms with van der Waals surface area (Å²) in [6.07, 6.45) is 1.91. The van der Waals surface area contributed by atoms with Crippen LogP contribution in [-0.4, -0.2) is 55.7 Å². The van der Waals surface area contributed by atoms with E-state index in [0.29, 0.717) is 60.8 Å². The van der Waals surface area contributed by atoms with Crippen molar-refractivity contribution in [3.8, 4) is 0 Å². The first-order valence-electron chi connectivity index (χ1n) is 21.6. The van der Waals surface area contributed by atoms with Crippen LogP contribution in [0.1, 0.15) is 35.1 Å². The van der Waals surface area contributed by atoms with E-state index in [-0.39, 0.29) is 28.6 Å². The molecule has 428 valence electrons. The summed E-state index contributed by atoms with van der Waals surface area (Å²) >= 11 is -16.5. The van der Waals surface area contributed by atoms with Crippen LogP contribution in [0.2, 0.25) is 0 Å². The van der Waals surface area contributed by atoms with E-state index in [9.17, 15) is 86.4 Å². The number of benzene rings is 6. The standard InChI is InChI=1S/C46H36F12I4O12S4/c47-43(48,49)75(63,64)71-59-35-15-7-31(8-16-35)3-1-4-32-9-17-36(18-10-32)60(72-76(65,66)44(50,51)52)40-25-29-42(30-26-40)62(74-78(69,70)46(56,57)58)38-21-13-34(14-22-38)6-2-5-33-11-19-37(20-12-33)61(41-27-23-39(59)24-28-41)73-77(67,68)45(53,54)55/h7-30H,1-6H2. The van der Waals surface area contributed by atoms with Crippen LogP contribution in [-0.2, 0) is 76.2 Å². The van der Waals surface area contributed by atoms with Crippen molar-refractivity contribution in [1.82, 2.24) is 0 Å². The van der Waals surface area contributed by atoms with Crippen LogP contribution in [0.5, 0.6) is 0 Å². The molecule has 6 aromatic carbocycles. The van der Waals surface area contributed by atoms with Crippen molar-refractivity contribution in [3.05, 3.63) is 196 Å². The van der Waals surface area contributed by atoms with Crippen LogP contribution in [0.3, 0.4) is 0 Å². The van der Waals surface area contributed by atoms with Crippen LogP contribution in [0, 0.1) is 28.6 Å². The maximum atomic E-state index is 13.7. The van der Waals surface area contributed by atoms with E-state index < -0.39 is 143 Å². The summed E-state index contributed by atoms with van der Waals surface area (Å²) in [6.45, 7) is 0. The molecule has 0 unspecified atom stereocenters. The van der Waals surface area contributed by atoms with Crippen molar-refractivity contribution in [2.45, 2.75) is 60.6 Å². The van der Waals surface area contributed by atoms with E-state index in [2.05, 4.69) is 0 Å². The molecule has 16 rings (SSSR count). The second-order valence-electron chi connectivity index (χ2n) is 15.9. The fourth-order valence-electron chi connectivity index (χ4n) is 6.64. The maximum absolute atomic E-state index is 13.7. The van der Waals surface area contributed by atoms with Crippen molar-refractivity contribution >= 4 is 121 Å². The van der Waals surface area contributed by atoms with E-state index in [4.69, 9.17) is 10.1 Å². The number of hydrogen-bond donors (Lipinski definition) is 0. The van der Waals surface area contributed by atoms with Crippen LogP contribution in [0.25, 0.3) is 0 Å². The minimum absolute atomic E-state index is 0.0312. The Bertz CT molecular complexity index is 3050. The van der Waals surface area contributed by atoms with Gasteiger partial charge in [0.2, 0.25) is 0 Å². The number of aryl methyl sites for hydroxylation is 4. The van der Waals surface area contributed by atoms with E-state index >= 15 is 0 Å². The average molecular weight is 1640 g/mol. The summed E-state index contributed by atoms with van der Waals surface area (Å²) in [5.74, 6) is 0. The Morgan fingerprint density at radius 1 is 0.256 bits per heavy atom. The first-order chi connectivity index (χ1) is 36.1. The van der Waals surface area contributed by atoms with Gasteiger partial charge in [0.05, 0.1) is 0 Å². The summed E-state index contributed by atoms with van der Waals surface area (Å²) in [5.41, 5.74) is -21.1. The van der Waals surface area contributed by atoms with Crippen LogP contribution in [0.15, 0.2) is 146 Å². The fraction of sp³-hybridized carbons (Fsp3) is 0.217. The van der Waals surface area contributed by atoms with Crippen molar-refractivity contribution in [2.24, 2.45) is 0 Å². The first kappa shape index (κ1) is 62.6. The molecule has 0 aromatic heterocycles. The van der Waals surface area contributed by atoms with Crippen molar-refractivity contribution in [1.29, 1.82) is 0 Å². The van der Waals surface area contributed by atoms with Gasteiger partial charge in [-0.1, -0.05) is 0 Å². The molecular formula is C46H36F12I4O12S4. The second kappa shape index (κ2) is 24.5. The molecule has 0 aliphatic carbocycles. The minimum atomic E-state index is -6.22. The van der Waals surface area contributed by atoms with E-state index in [1.54, 1.807) is 0 Å². The zero-order valence-corrected chi connectivity index (χ0v) is 50.6. The van der Waals surface area contributed by atoms with Crippen LogP contribution >= 0.6 is 80.9 Å². The van der Waals surface area contributed by atoms with Crippen LogP contribution < -0.4 is 0 Å². The summed E-state index contributed by atoms with van der Waals surface area (Å²) in [7, 11) is -24.9. The topological polar surface area (TPSA) is 173 Å². The summed E-state index contributed by atoms with van der Waals surface area (Å²) in [6, 6.07) is 31.5. The SMILES string of the molecule is O=S(=O)(OI1c2ccc(cc2)CCCc2ccc(cc2)I(OS(=O)(=O)C(F)(F)F)c2ccc(cc2)I(OS(=O)(=O)C(F)(F)F)c2ccc(cc2)CCCc2ccc(cc2)I(OS(=O)(=O)C(F)(F)F)c2ccc1cc2)C(F)(F)F. The summed E-state index contributed by atoms with van der Waals surface area (Å²) < 4.78 is 284. The first-order valence-corrected chi connectivity index (χ1v) is 39.3. The van der Waals surface area contributed by atoms with Gasteiger partial charge in [-0.2, -0.15) is 0 Å². The van der Waals surface area contributed by atoms with E-state index in [0.717, 1.165) is 48.5 Å². The molecule has 32 heteroatoms. The van der Waals surface area contributed by atoms with Gasteiger partial charge in [-0.25, -0.2) is 0 Å². The average Bonchev–Trinajstić information content (AvgIpc) is 3.41. The van der Waals surface area contributed by atoms with Gasteiger partial charge in [0.25, 0.3) is 0 Å². The van der Waals surface area contributed by atoms with Gasteiger partial charge in [-0.3, -0.25) is 0 Å². The number of hydrogen-bond acceptors (Lipinski definition) is 12. The molecule has 0 N–H and O–H groups in total. The Morgan fingerprint density at radius 2 is 0.385 bits per heavy atom. The molecule has 0 amide bonds. The van der Waals surface area contributed by atoms with Gasteiger partial charge in [0, 0.05) is 0 Å².